The second kappa shape index (κ2) is 4.73. The highest BCUT2D eigenvalue weighted by Gasteiger charge is 2.14. The van der Waals surface area contributed by atoms with Crippen LogP contribution >= 0.6 is 11.6 Å². The van der Waals surface area contributed by atoms with Crippen LogP contribution in [0, 0.1) is 6.92 Å². The molecule has 0 unspecified atom stereocenters. The Bertz CT molecular complexity index is 540. The van der Waals surface area contributed by atoms with E-state index in [2.05, 4.69) is 10.1 Å². The molecule has 0 amide bonds. The summed E-state index contributed by atoms with van der Waals surface area (Å²) in [6.07, 6.45) is 0. The van der Waals surface area contributed by atoms with Crippen LogP contribution in [0.3, 0.4) is 0 Å². The van der Waals surface area contributed by atoms with Gasteiger partial charge in [0.2, 0.25) is 11.7 Å². The average Bonchev–Trinajstić information content (AvgIpc) is 2.80. The summed E-state index contributed by atoms with van der Waals surface area (Å²) < 4.78 is 10.2. The first-order valence-corrected chi connectivity index (χ1v) is 5.40. The van der Waals surface area contributed by atoms with Gasteiger partial charge in [-0.25, -0.2) is 0 Å². The van der Waals surface area contributed by atoms with Crippen LogP contribution in [0.25, 0.3) is 11.4 Å². The summed E-state index contributed by atoms with van der Waals surface area (Å²) in [4.78, 5) is 4.14. The van der Waals surface area contributed by atoms with Gasteiger partial charge in [0.05, 0.1) is 19.2 Å². The number of ether oxygens (including phenoxy) is 1. The maximum absolute atomic E-state index is 6.07. The number of nitrogens with two attached hydrogens (primary N) is 1. The van der Waals surface area contributed by atoms with Crippen molar-refractivity contribution in [2.75, 3.05) is 7.11 Å². The molecule has 0 aliphatic heterocycles. The van der Waals surface area contributed by atoms with Crippen LogP contribution in [0.5, 0.6) is 5.75 Å². The molecule has 5 nitrogen and oxygen atoms in total. The fraction of sp³-hybridized carbons (Fsp3) is 0.273. The smallest absolute Gasteiger partial charge is 0.240 e. The highest BCUT2D eigenvalue weighted by molar-refractivity contribution is 6.31. The number of aryl methyl sites for hydroxylation is 1. The topological polar surface area (TPSA) is 74.2 Å². The lowest BCUT2D eigenvalue weighted by molar-refractivity contribution is 0.380. The van der Waals surface area contributed by atoms with Crippen LogP contribution in [-0.2, 0) is 6.54 Å². The van der Waals surface area contributed by atoms with Gasteiger partial charge in [-0.05, 0) is 24.6 Å². The summed E-state index contributed by atoms with van der Waals surface area (Å²) in [5.74, 6) is 1.44. The molecule has 0 spiro atoms. The Balaban J connectivity index is 2.53. The molecule has 2 aromatic rings. The van der Waals surface area contributed by atoms with E-state index in [1.54, 1.807) is 13.2 Å². The van der Waals surface area contributed by atoms with Gasteiger partial charge in [-0.15, -0.1) is 0 Å². The van der Waals surface area contributed by atoms with E-state index in [-0.39, 0.29) is 6.54 Å². The third kappa shape index (κ3) is 2.25. The lowest BCUT2D eigenvalue weighted by Gasteiger charge is -2.07. The third-order valence-electron chi connectivity index (χ3n) is 2.36. The second-order valence-corrected chi connectivity index (χ2v) is 3.92. The Kier molecular flexibility index (Phi) is 3.31. The monoisotopic (exact) mass is 253 g/mol. The van der Waals surface area contributed by atoms with E-state index in [0.717, 1.165) is 5.56 Å². The number of rotatable bonds is 3. The molecule has 6 heteroatoms. The molecule has 1 aromatic heterocycles. The number of benzene rings is 1. The van der Waals surface area contributed by atoms with Crippen LogP contribution in [0.1, 0.15) is 11.5 Å². The minimum absolute atomic E-state index is 0.203. The summed E-state index contributed by atoms with van der Waals surface area (Å²) >= 11 is 6.07. The molecule has 90 valence electrons. The average molecular weight is 254 g/mol. The molecule has 0 radical (unpaired) electrons. The fourth-order valence-corrected chi connectivity index (χ4v) is 1.61. The molecule has 0 aliphatic rings. The second-order valence-electron chi connectivity index (χ2n) is 3.52. The van der Waals surface area contributed by atoms with Crippen molar-refractivity contribution in [1.29, 1.82) is 0 Å². The molecule has 2 N–H and O–H groups in total. The van der Waals surface area contributed by atoms with Gasteiger partial charge in [0, 0.05) is 5.02 Å². The summed E-state index contributed by atoms with van der Waals surface area (Å²) in [6, 6.07) is 3.58. The molecule has 2 rings (SSSR count). The SMILES string of the molecule is COc1cc(C)c(Cl)cc1-c1noc(CN)n1. The maximum atomic E-state index is 6.07. The van der Waals surface area contributed by atoms with Gasteiger partial charge in [-0.1, -0.05) is 16.8 Å². The summed E-state index contributed by atoms with van der Waals surface area (Å²) in [7, 11) is 1.58. The van der Waals surface area contributed by atoms with Crippen molar-refractivity contribution in [3.05, 3.63) is 28.6 Å². The highest BCUT2D eigenvalue weighted by Crippen LogP contribution is 2.32. The van der Waals surface area contributed by atoms with Crippen LogP contribution in [-0.4, -0.2) is 17.3 Å². The molecule has 1 heterocycles. The van der Waals surface area contributed by atoms with Gasteiger partial charge in [0.1, 0.15) is 5.75 Å². The minimum Gasteiger partial charge on any atom is -0.496 e. The van der Waals surface area contributed by atoms with Crippen molar-refractivity contribution in [2.24, 2.45) is 5.73 Å². The van der Waals surface area contributed by atoms with Crippen molar-refractivity contribution in [1.82, 2.24) is 10.1 Å². The maximum Gasteiger partial charge on any atom is 0.240 e. The minimum atomic E-state index is 0.203. The van der Waals surface area contributed by atoms with Crippen LogP contribution in [0.4, 0.5) is 0 Å². The number of aromatic nitrogens is 2. The first kappa shape index (κ1) is 11.9. The van der Waals surface area contributed by atoms with Crippen LogP contribution < -0.4 is 10.5 Å². The highest BCUT2D eigenvalue weighted by atomic mass is 35.5. The van der Waals surface area contributed by atoms with E-state index in [0.29, 0.717) is 28.1 Å². The Morgan fingerprint density at radius 2 is 2.24 bits per heavy atom. The summed E-state index contributed by atoms with van der Waals surface area (Å²) in [6.45, 7) is 2.10. The molecular weight excluding hydrogens is 242 g/mol. The summed E-state index contributed by atoms with van der Waals surface area (Å²) in [5, 5.41) is 4.46. The number of halogens is 1. The zero-order valence-electron chi connectivity index (χ0n) is 9.53. The number of nitrogens with zero attached hydrogens (tertiary/aromatic N) is 2. The van der Waals surface area contributed by atoms with E-state index in [4.69, 9.17) is 26.6 Å². The predicted molar refractivity (Wildman–Crippen MR) is 63.9 cm³/mol. The predicted octanol–water partition coefficient (Wildman–Crippen LogP) is 2.17. The van der Waals surface area contributed by atoms with Gasteiger partial charge < -0.3 is 15.0 Å². The standard InChI is InChI=1S/C11H12ClN3O2/c1-6-3-9(16-2)7(4-8(6)12)11-14-10(5-13)17-15-11/h3-4H,5,13H2,1-2H3. The molecule has 0 atom stereocenters. The van der Waals surface area contributed by atoms with Crippen molar-refractivity contribution in [2.45, 2.75) is 13.5 Å². The van der Waals surface area contributed by atoms with Crippen molar-refractivity contribution < 1.29 is 9.26 Å². The number of hydrogen-bond donors (Lipinski definition) is 1. The van der Waals surface area contributed by atoms with Gasteiger partial charge in [0.25, 0.3) is 0 Å². The van der Waals surface area contributed by atoms with Crippen molar-refractivity contribution >= 4 is 11.6 Å². The lowest BCUT2D eigenvalue weighted by atomic mass is 10.1. The molecular formula is C11H12ClN3O2. The molecule has 0 saturated heterocycles. The molecule has 17 heavy (non-hydrogen) atoms. The van der Waals surface area contributed by atoms with E-state index in [9.17, 15) is 0 Å². The zero-order chi connectivity index (χ0) is 12.4. The van der Waals surface area contributed by atoms with Gasteiger partial charge in [-0.2, -0.15) is 4.98 Å². The quantitative estimate of drug-likeness (QED) is 0.907. The first-order chi connectivity index (χ1) is 8.15. The van der Waals surface area contributed by atoms with Crippen LogP contribution in [0.15, 0.2) is 16.7 Å². The van der Waals surface area contributed by atoms with Crippen molar-refractivity contribution in [3.8, 4) is 17.1 Å². The largest absolute Gasteiger partial charge is 0.496 e. The van der Waals surface area contributed by atoms with Gasteiger partial charge in [0.15, 0.2) is 0 Å². The third-order valence-corrected chi connectivity index (χ3v) is 2.77. The molecule has 0 fully saturated rings. The van der Waals surface area contributed by atoms with Gasteiger partial charge >= 0.3 is 0 Å². The molecule has 0 bridgehead atoms. The Labute approximate surface area is 104 Å². The van der Waals surface area contributed by atoms with E-state index >= 15 is 0 Å². The van der Waals surface area contributed by atoms with Crippen molar-refractivity contribution in [3.63, 3.8) is 0 Å². The van der Waals surface area contributed by atoms with Crippen LogP contribution in [0.2, 0.25) is 5.02 Å². The van der Waals surface area contributed by atoms with E-state index in [1.165, 1.54) is 0 Å². The number of hydrogen-bond acceptors (Lipinski definition) is 5. The normalized spacial score (nSPS) is 10.6. The fourth-order valence-electron chi connectivity index (χ4n) is 1.45. The molecule has 0 saturated carbocycles. The summed E-state index contributed by atoms with van der Waals surface area (Å²) in [5.41, 5.74) is 7.02. The van der Waals surface area contributed by atoms with E-state index in [1.807, 2.05) is 13.0 Å². The Morgan fingerprint density at radius 1 is 1.47 bits per heavy atom. The first-order valence-electron chi connectivity index (χ1n) is 5.03. The Hall–Kier alpha value is -1.59. The van der Waals surface area contributed by atoms with Gasteiger partial charge in [-0.3, -0.25) is 0 Å². The lowest BCUT2D eigenvalue weighted by Crippen LogP contribution is -1.96. The number of methoxy groups -OCH3 is 1. The zero-order valence-corrected chi connectivity index (χ0v) is 10.3. The van der Waals surface area contributed by atoms with E-state index < -0.39 is 0 Å². The Morgan fingerprint density at radius 3 is 2.82 bits per heavy atom. The molecule has 0 aliphatic carbocycles. The molecule has 1 aromatic carbocycles.